The lowest BCUT2D eigenvalue weighted by molar-refractivity contribution is 0.128. The van der Waals surface area contributed by atoms with Crippen molar-refractivity contribution in [3.63, 3.8) is 0 Å². The molecule has 0 saturated heterocycles. The number of amides is 1. The monoisotopic (exact) mass is 405 g/mol. The molecule has 2 N–H and O–H groups in total. The highest BCUT2D eigenvalue weighted by Crippen LogP contribution is 2.09. The Labute approximate surface area is 166 Å². The number of benzene rings is 2. The molecule has 0 aromatic heterocycles. The minimum absolute atomic E-state index is 0.160. The van der Waals surface area contributed by atoms with Crippen molar-refractivity contribution < 1.29 is 9.53 Å². The molecule has 0 radical (unpaired) electrons. The Kier molecular flexibility index (Phi) is 7.79. The molecular formula is C18H17Cl2N5O2. The molecule has 0 aliphatic rings. The van der Waals surface area contributed by atoms with Gasteiger partial charge >= 0.3 is 6.09 Å². The normalized spacial score (nSPS) is 11.9. The van der Waals surface area contributed by atoms with E-state index in [2.05, 4.69) is 15.3 Å². The van der Waals surface area contributed by atoms with Crippen LogP contribution in [0.1, 0.15) is 18.1 Å². The highest BCUT2D eigenvalue weighted by molar-refractivity contribution is 6.30. The third kappa shape index (κ3) is 6.73. The second kappa shape index (κ2) is 10.3. The molecule has 2 aromatic carbocycles. The summed E-state index contributed by atoms with van der Waals surface area (Å²) in [7, 11) is 0. The summed E-state index contributed by atoms with van der Waals surface area (Å²) in [6, 6.07) is 13.8. The van der Waals surface area contributed by atoms with Crippen molar-refractivity contribution >= 4 is 47.7 Å². The predicted molar refractivity (Wildman–Crippen MR) is 109 cm³/mol. The molecule has 0 saturated carbocycles. The summed E-state index contributed by atoms with van der Waals surface area (Å²) >= 11 is 11.7. The first-order valence-electron chi connectivity index (χ1n) is 7.88. The lowest BCUT2D eigenvalue weighted by Crippen LogP contribution is -2.38. The molecule has 1 amide bonds. The van der Waals surface area contributed by atoms with Crippen molar-refractivity contribution in [2.75, 3.05) is 6.61 Å². The van der Waals surface area contributed by atoms with E-state index in [1.54, 1.807) is 55.5 Å². The molecule has 140 valence electrons. The van der Waals surface area contributed by atoms with Gasteiger partial charge in [0.25, 0.3) is 0 Å². The van der Waals surface area contributed by atoms with Gasteiger partial charge in [-0.15, -0.1) is 10.1 Å². The zero-order valence-electron chi connectivity index (χ0n) is 14.4. The third-order valence-electron chi connectivity index (χ3n) is 3.09. The van der Waals surface area contributed by atoms with Gasteiger partial charge in [0, 0.05) is 10.0 Å². The number of hydrazone groups is 1. The summed E-state index contributed by atoms with van der Waals surface area (Å²) in [6.07, 6.45) is 2.12. The Morgan fingerprint density at radius 1 is 1.04 bits per heavy atom. The van der Waals surface area contributed by atoms with Crippen molar-refractivity contribution in [1.29, 1.82) is 0 Å². The Bertz CT molecular complexity index is 849. The number of halogens is 2. The van der Waals surface area contributed by atoms with Crippen molar-refractivity contribution in [2.24, 2.45) is 21.0 Å². The molecule has 7 nitrogen and oxygen atoms in total. The summed E-state index contributed by atoms with van der Waals surface area (Å²) in [4.78, 5) is 12.1. The predicted octanol–water partition coefficient (Wildman–Crippen LogP) is 4.13. The van der Waals surface area contributed by atoms with Crippen LogP contribution in [0.3, 0.4) is 0 Å². The zero-order chi connectivity index (χ0) is 19.6. The van der Waals surface area contributed by atoms with Gasteiger partial charge in [0.1, 0.15) is 0 Å². The van der Waals surface area contributed by atoms with Crippen LogP contribution in [0.15, 0.2) is 63.8 Å². The van der Waals surface area contributed by atoms with Crippen LogP contribution in [0, 0.1) is 0 Å². The SMILES string of the molecule is CCOC(=O)N(N=Cc1ccc(Cl)cc1)C(N)=NN=Cc1ccc(Cl)cc1. The van der Waals surface area contributed by atoms with Crippen LogP contribution < -0.4 is 5.73 Å². The highest BCUT2D eigenvalue weighted by Gasteiger charge is 2.17. The molecule has 0 fully saturated rings. The lowest BCUT2D eigenvalue weighted by Gasteiger charge is -2.14. The first-order valence-corrected chi connectivity index (χ1v) is 8.63. The Morgan fingerprint density at radius 2 is 1.56 bits per heavy atom. The molecule has 9 heteroatoms. The van der Waals surface area contributed by atoms with Crippen molar-refractivity contribution in [2.45, 2.75) is 6.92 Å². The van der Waals surface area contributed by atoms with Crippen molar-refractivity contribution in [1.82, 2.24) is 5.01 Å². The van der Waals surface area contributed by atoms with E-state index in [1.165, 1.54) is 12.4 Å². The van der Waals surface area contributed by atoms with Crippen LogP contribution in [-0.4, -0.2) is 36.1 Å². The van der Waals surface area contributed by atoms with E-state index in [0.29, 0.717) is 15.6 Å². The summed E-state index contributed by atoms with van der Waals surface area (Å²) in [5.41, 5.74) is 7.31. The van der Waals surface area contributed by atoms with E-state index >= 15 is 0 Å². The molecule has 0 aliphatic carbocycles. The van der Waals surface area contributed by atoms with Crippen molar-refractivity contribution in [3.8, 4) is 0 Å². The molecule has 27 heavy (non-hydrogen) atoms. The van der Waals surface area contributed by atoms with Gasteiger partial charge in [0.05, 0.1) is 19.0 Å². The molecule has 0 aliphatic heterocycles. The molecule has 0 unspecified atom stereocenters. The van der Waals surface area contributed by atoms with Crippen LogP contribution in [-0.2, 0) is 4.74 Å². The van der Waals surface area contributed by atoms with Gasteiger partial charge in [-0.3, -0.25) is 0 Å². The van der Waals surface area contributed by atoms with E-state index in [-0.39, 0.29) is 12.6 Å². The molecule has 2 aromatic rings. The Balaban J connectivity index is 2.17. The molecule has 0 spiro atoms. The summed E-state index contributed by atoms with van der Waals surface area (Å²) < 4.78 is 4.94. The van der Waals surface area contributed by atoms with Crippen LogP contribution in [0.5, 0.6) is 0 Å². The summed E-state index contributed by atoms with van der Waals surface area (Å²) in [5, 5.41) is 13.7. The van der Waals surface area contributed by atoms with Gasteiger partial charge in [-0.05, 0) is 42.3 Å². The number of hydrogen-bond donors (Lipinski definition) is 1. The number of hydrogen-bond acceptors (Lipinski definition) is 5. The maximum atomic E-state index is 12.1. The van der Waals surface area contributed by atoms with Gasteiger partial charge in [-0.2, -0.15) is 10.2 Å². The average molecular weight is 406 g/mol. The molecule has 2 rings (SSSR count). The summed E-state index contributed by atoms with van der Waals surface area (Å²) in [5.74, 6) is -0.246. The number of nitrogens with two attached hydrogens (primary N) is 1. The number of nitrogens with zero attached hydrogens (tertiary/aromatic N) is 4. The van der Waals surface area contributed by atoms with Crippen LogP contribution in [0.25, 0.3) is 0 Å². The fourth-order valence-electron chi connectivity index (χ4n) is 1.80. The quantitative estimate of drug-likeness (QED) is 0.460. The number of guanidine groups is 1. The number of ether oxygens (including phenoxy) is 1. The Morgan fingerprint density at radius 3 is 2.07 bits per heavy atom. The fraction of sp³-hybridized carbons (Fsp3) is 0.111. The maximum absolute atomic E-state index is 12.1. The van der Waals surface area contributed by atoms with Crippen LogP contribution in [0.4, 0.5) is 4.79 Å². The second-order valence-corrected chi connectivity index (χ2v) is 5.93. The first-order chi connectivity index (χ1) is 13.0. The second-order valence-electron chi connectivity index (χ2n) is 5.06. The van der Waals surface area contributed by atoms with E-state index in [9.17, 15) is 4.79 Å². The molecule has 0 atom stereocenters. The molecule has 0 bridgehead atoms. The smallest absolute Gasteiger partial charge is 0.437 e. The van der Waals surface area contributed by atoms with Gasteiger partial charge in [0.15, 0.2) is 0 Å². The van der Waals surface area contributed by atoms with Crippen LogP contribution >= 0.6 is 23.2 Å². The lowest BCUT2D eigenvalue weighted by atomic mass is 10.2. The van der Waals surface area contributed by atoms with E-state index in [1.807, 2.05) is 0 Å². The first kappa shape index (κ1) is 20.4. The maximum Gasteiger partial charge on any atom is 0.437 e. The fourth-order valence-corrected chi connectivity index (χ4v) is 2.06. The number of carbonyl (C=O) groups is 1. The largest absolute Gasteiger partial charge is 0.448 e. The highest BCUT2D eigenvalue weighted by atomic mass is 35.5. The summed E-state index contributed by atoms with van der Waals surface area (Å²) in [6.45, 7) is 1.83. The molecule has 0 heterocycles. The topological polar surface area (TPSA) is 92.6 Å². The average Bonchev–Trinajstić information content (AvgIpc) is 2.65. The standard InChI is InChI=1S/C18H17Cl2N5O2/c1-2-27-18(26)25(23-12-14-5-9-16(20)10-6-14)17(21)24-22-11-13-3-7-15(19)8-4-13/h3-12H,2H2,1H3,(H2,21,24). The van der Waals surface area contributed by atoms with E-state index in [0.717, 1.165) is 10.6 Å². The Hall–Kier alpha value is -2.90. The minimum Gasteiger partial charge on any atom is -0.448 e. The molecular weight excluding hydrogens is 389 g/mol. The van der Waals surface area contributed by atoms with E-state index < -0.39 is 6.09 Å². The van der Waals surface area contributed by atoms with Crippen LogP contribution in [0.2, 0.25) is 10.0 Å². The third-order valence-corrected chi connectivity index (χ3v) is 3.59. The van der Waals surface area contributed by atoms with Gasteiger partial charge in [-0.1, -0.05) is 47.5 Å². The number of carbonyl (C=O) groups excluding carboxylic acids is 1. The van der Waals surface area contributed by atoms with E-state index in [4.69, 9.17) is 33.7 Å². The van der Waals surface area contributed by atoms with Gasteiger partial charge < -0.3 is 10.5 Å². The minimum atomic E-state index is -0.773. The van der Waals surface area contributed by atoms with Gasteiger partial charge in [-0.25, -0.2) is 4.79 Å². The zero-order valence-corrected chi connectivity index (χ0v) is 15.9. The number of rotatable bonds is 5. The van der Waals surface area contributed by atoms with Crippen molar-refractivity contribution in [3.05, 3.63) is 69.7 Å². The van der Waals surface area contributed by atoms with Gasteiger partial charge in [0.2, 0.25) is 5.96 Å².